The van der Waals surface area contributed by atoms with Crippen molar-refractivity contribution in [1.82, 2.24) is 9.13 Å². The summed E-state index contributed by atoms with van der Waals surface area (Å²) < 4.78 is 28.3. The van der Waals surface area contributed by atoms with Crippen molar-refractivity contribution in [3.05, 3.63) is 39.0 Å². The van der Waals surface area contributed by atoms with E-state index >= 15 is 0 Å². The van der Waals surface area contributed by atoms with Crippen LogP contribution in [-0.4, -0.2) is 85.2 Å². The number of rotatable bonds is 46. The van der Waals surface area contributed by atoms with Crippen LogP contribution in [0.4, 0.5) is 17.1 Å². The lowest BCUT2D eigenvalue weighted by molar-refractivity contribution is -0.145. The molecule has 1 atom stereocenters. The number of nitrogens with zero attached hydrogens (tertiary/aromatic N) is 5. The van der Waals surface area contributed by atoms with Crippen LogP contribution >= 0.6 is 0 Å². The van der Waals surface area contributed by atoms with E-state index in [1.807, 2.05) is 4.90 Å². The standard InChI is InChI=1S/C61H103N5O12/c1-9-11-13-15-17-19-20-21-22-23-24-25-26-28-30-32-43-78-56(70)48-66-59(72)57(58(71)65(60(66)73)47-55(69)77-42-31-29-27-18-16-14-12-10-2)63-62-51-38-37-50(45-52(51)76-44-39-49(3)46-61(4,5)6)64(40-33-35-53(67)74-7)41-34-36-54(68)75-8/h37-38,45,49,71H,9-36,39-44,46-48H2,1-8H3. The number of azo groups is 1. The quantitative estimate of drug-likeness (QED) is 0.0284. The van der Waals surface area contributed by atoms with Crippen molar-refractivity contribution < 1.29 is 48.0 Å². The van der Waals surface area contributed by atoms with Crippen LogP contribution in [0.2, 0.25) is 0 Å². The first-order valence-electron chi connectivity index (χ1n) is 30.0. The fraction of sp³-hybridized carbons (Fsp3) is 0.770. The third kappa shape index (κ3) is 30.8. The number of benzene rings is 1. The number of carbonyl (C=O) groups excluding carboxylic acids is 4. The van der Waals surface area contributed by atoms with E-state index in [1.54, 1.807) is 18.2 Å². The van der Waals surface area contributed by atoms with Gasteiger partial charge in [-0.3, -0.25) is 28.5 Å². The number of ether oxygens (including phenoxy) is 5. The predicted molar refractivity (Wildman–Crippen MR) is 309 cm³/mol. The smallest absolute Gasteiger partial charge is 0.335 e. The Balaban J connectivity index is 2.37. The van der Waals surface area contributed by atoms with E-state index in [9.17, 15) is 33.9 Å². The number of anilines is 1. The minimum Gasteiger partial charge on any atom is -0.493 e. The fourth-order valence-electron chi connectivity index (χ4n) is 9.57. The Morgan fingerprint density at radius 2 is 1.03 bits per heavy atom. The Bertz CT molecular complexity index is 2130. The molecule has 17 nitrogen and oxygen atoms in total. The van der Waals surface area contributed by atoms with Crippen LogP contribution < -0.4 is 20.9 Å². The van der Waals surface area contributed by atoms with E-state index in [1.165, 1.54) is 111 Å². The van der Waals surface area contributed by atoms with Crippen LogP contribution in [0, 0.1) is 11.3 Å². The number of methoxy groups -OCH3 is 2. The molecule has 1 unspecified atom stereocenters. The molecule has 1 aromatic carbocycles. The molecule has 17 heteroatoms. The van der Waals surface area contributed by atoms with Crippen LogP contribution in [0.3, 0.4) is 0 Å². The molecule has 0 bridgehead atoms. The summed E-state index contributed by atoms with van der Waals surface area (Å²) in [4.78, 5) is 80.6. The number of unbranched alkanes of at least 4 members (excludes halogenated alkanes) is 22. The van der Waals surface area contributed by atoms with Gasteiger partial charge in [0.15, 0.2) is 0 Å². The van der Waals surface area contributed by atoms with Crippen LogP contribution in [0.25, 0.3) is 0 Å². The van der Waals surface area contributed by atoms with Gasteiger partial charge in [0.1, 0.15) is 24.5 Å². The summed E-state index contributed by atoms with van der Waals surface area (Å²) in [6.45, 7) is 13.0. The summed E-state index contributed by atoms with van der Waals surface area (Å²) in [5, 5.41) is 20.1. The van der Waals surface area contributed by atoms with Crippen molar-refractivity contribution in [2.24, 2.45) is 21.6 Å². The highest BCUT2D eigenvalue weighted by Crippen LogP contribution is 2.35. The Kier molecular flexibility index (Phi) is 36.9. The summed E-state index contributed by atoms with van der Waals surface area (Å²) in [6.07, 6.45) is 30.6. The lowest BCUT2D eigenvalue weighted by Crippen LogP contribution is -2.42. The summed E-state index contributed by atoms with van der Waals surface area (Å²) in [5.74, 6) is -2.66. The van der Waals surface area contributed by atoms with E-state index in [4.69, 9.17) is 23.7 Å². The molecule has 1 N–H and O–H groups in total. The Morgan fingerprint density at radius 1 is 0.590 bits per heavy atom. The molecule has 1 heterocycles. The fourth-order valence-corrected chi connectivity index (χ4v) is 9.57. The molecular weight excluding hydrogens is 995 g/mol. The van der Waals surface area contributed by atoms with Crippen LogP contribution in [-0.2, 0) is 51.2 Å². The average Bonchev–Trinajstić information content (AvgIpc) is 3.46. The zero-order valence-electron chi connectivity index (χ0n) is 49.6. The predicted octanol–water partition coefficient (Wildman–Crippen LogP) is 14.2. The van der Waals surface area contributed by atoms with Crippen molar-refractivity contribution in [2.75, 3.05) is 52.0 Å². The van der Waals surface area contributed by atoms with E-state index in [2.05, 4.69) is 51.8 Å². The van der Waals surface area contributed by atoms with E-state index in [0.29, 0.717) is 78.3 Å². The van der Waals surface area contributed by atoms with Crippen LogP contribution in [0.1, 0.15) is 234 Å². The van der Waals surface area contributed by atoms with E-state index in [0.717, 1.165) is 51.4 Å². The maximum absolute atomic E-state index is 14.1. The molecule has 0 saturated heterocycles. The van der Waals surface area contributed by atoms with Gasteiger partial charge in [0.25, 0.3) is 5.56 Å². The van der Waals surface area contributed by atoms with Crippen molar-refractivity contribution in [3.8, 4) is 11.6 Å². The molecule has 444 valence electrons. The molecule has 0 aliphatic heterocycles. The summed E-state index contributed by atoms with van der Waals surface area (Å²) in [7, 11) is 2.67. The van der Waals surface area contributed by atoms with E-state index in [-0.39, 0.29) is 49.1 Å². The largest absolute Gasteiger partial charge is 0.493 e. The lowest BCUT2D eigenvalue weighted by atomic mass is 9.84. The minimum absolute atomic E-state index is 0.102. The zero-order chi connectivity index (χ0) is 57.4. The molecule has 78 heavy (non-hydrogen) atoms. The minimum atomic E-state index is -1.11. The van der Waals surface area contributed by atoms with Crippen molar-refractivity contribution in [2.45, 2.75) is 247 Å². The second-order valence-electron chi connectivity index (χ2n) is 22.4. The topological polar surface area (TPSA) is 207 Å². The van der Waals surface area contributed by atoms with Gasteiger partial charge in [-0.25, -0.2) is 9.36 Å². The first-order valence-corrected chi connectivity index (χ1v) is 30.0. The van der Waals surface area contributed by atoms with Crippen molar-refractivity contribution in [1.29, 1.82) is 0 Å². The average molecular weight is 1100 g/mol. The summed E-state index contributed by atoms with van der Waals surface area (Å²) in [6, 6.07) is 5.15. The zero-order valence-corrected chi connectivity index (χ0v) is 49.6. The molecule has 2 aromatic rings. The molecule has 0 fully saturated rings. The van der Waals surface area contributed by atoms with Gasteiger partial charge in [0.05, 0.1) is 34.0 Å². The van der Waals surface area contributed by atoms with Gasteiger partial charge in [0.2, 0.25) is 11.6 Å². The maximum atomic E-state index is 14.1. The molecule has 1 aromatic heterocycles. The highest BCUT2D eigenvalue weighted by Gasteiger charge is 2.24. The molecule has 0 spiro atoms. The molecule has 0 aliphatic carbocycles. The highest BCUT2D eigenvalue weighted by atomic mass is 16.5. The third-order valence-electron chi connectivity index (χ3n) is 13.9. The molecular formula is C61H103N5O12. The lowest BCUT2D eigenvalue weighted by Gasteiger charge is -2.26. The molecule has 0 aliphatic rings. The molecule has 0 saturated carbocycles. The second kappa shape index (κ2) is 41.8. The SMILES string of the molecule is CCCCCCCCCCCCCCCCCCOC(=O)Cn1c(=O)c(N=Nc2ccc(N(CCCC(=O)OC)CCCC(=O)OC)cc2OCCC(C)CC(C)(C)C)c(O)n(CC(=O)OCCCCCCCCCC)c1=O. The summed E-state index contributed by atoms with van der Waals surface area (Å²) in [5.41, 5.74) is -1.93. The third-order valence-corrected chi connectivity index (χ3v) is 13.9. The first-order chi connectivity index (χ1) is 37.5. The van der Waals surface area contributed by atoms with Crippen LogP contribution in [0.15, 0.2) is 38.0 Å². The van der Waals surface area contributed by atoms with Gasteiger partial charge in [-0.1, -0.05) is 183 Å². The Hall–Kier alpha value is -5.22. The number of carbonyl (C=O) groups is 4. The van der Waals surface area contributed by atoms with Gasteiger partial charge in [-0.2, -0.15) is 0 Å². The van der Waals surface area contributed by atoms with Crippen molar-refractivity contribution >= 4 is 40.9 Å². The number of esters is 4. The first kappa shape index (κ1) is 68.9. The monoisotopic (exact) mass is 1100 g/mol. The molecule has 2 rings (SSSR count). The summed E-state index contributed by atoms with van der Waals surface area (Å²) >= 11 is 0. The number of aromatic hydroxyl groups is 1. The second-order valence-corrected chi connectivity index (χ2v) is 22.4. The maximum Gasteiger partial charge on any atom is 0.335 e. The Morgan fingerprint density at radius 3 is 1.46 bits per heavy atom. The van der Waals surface area contributed by atoms with Gasteiger partial charge >= 0.3 is 29.6 Å². The van der Waals surface area contributed by atoms with Gasteiger partial charge in [-0.15, -0.1) is 10.2 Å². The Labute approximate surface area is 467 Å². The molecule has 0 radical (unpaired) electrons. The number of hydrogen-bond donors (Lipinski definition) is 1. The van der Waals surface area contributed by atoms with Crippen molar-refractivity contribution in [3.63, 3.8) is 0 Å². The van der Waals surface area contributed by atoms with E-state index < -0.39 is 47.8 Å². The van der Waals surface area contributed by atoms with Crippen LogP contribution in [0.5, 0.6) is 11.6 Å². The number of hydrogen-bond acceptors (Lipinski definition) is 15. The van der Waals surface area contributed by atoms with Gasteiger partial charge in [0, 0.05) is 37.7 Å². The van der Waals surface area contributed by atoms with Gasteiger partial charge < -0.3 is 33.7 Å². The number of aromatic nitrogens is 2. The molecule has 0 amide bonds. The highest BCUT2D eigenvalue weighted by molar-refractivity contribution is 5.71. The van der Waals surface area contributed by atoms with Gasteiger partial charge in [-0.05, 0) is 62.0 Å². The normalized spacial score (nSPS) is 11.9.